The van der Waals surface area contributed by atoms with Crippen LogP contribution in [-0.2, 0) is 0 Å². The summed E-state index contributed by atoms with van der Waals surface area (Å²) in [5.74, 6) is 1.75. The van der Waals surface area contributed by atoms with Crippen LogP contribution in [0.5, 0.6) is 0 Å². The summed E-state index contributed by atoms with van der Waals surface area (Å²) in [6.07, 6.45) is 12.6. The van der Waals surface area contributed by atoms with Crippen LogP contribution in [0, 0.1) is 50.2 Å². The van der Waals surface area contributed by atoms with E-state index in [0.717, 1.165) is 25.7 Å². The second-order valence-corrected chi connectivity index (χ2v) is 15.3. The first kappa shape index (κ1) is 23.4. The zero-order valence-electron chi connectivity index (χ0n) is 22.2. The molecule has 0 bridgehead atoms. The zero-order chi connectivity index (χ0) is 23.5. The molecule has 0 spiro atoms. The van der Waals surface area contributed by atoms with E-state index in [1.807, 2.05) is 0 Å². The molecule has 9 atom stereocenters. The molecule has 2 nitrogen and oxygen atoms in total. The fourth-order valence-electron chi connectivity index (χ4n) is 10.6. The Morgan fingerprint density at radius 1 is 0.719 bits per heavy atom. The van der Waals surface area contributed by atoms with Gasteiger partial charge in [0.15, 0.2) is 0 Å². The predicted molar refractivity (Wildman–Crippen MR) is 132 cm³/mol. The summed E-state index contributed by atoms with van der Waals surface area (Å²) in [6, 6.07) is 0. The summed E-state index contributed by atoms with van der Waals surface area (Å²) in [5.41, 5.74) is 2.71. The average molecular weight is 443 g/mol. The Kier molecular flexibility index (Phi) is 4.87. The van der Waals surface area contributed by atoms with Gasteiger partial charge in [0.1, 0.15) is 0 Å². The van der Waals surface area contributed by atoms with Crippen LogP contribution in [0.25, 0.3) is 0 Å². The topological polar surface area (TPSA) is 40.5 Å². The third-order valence-electron chi connectivity index (χ3n) is 13.1. The van der Waals surface area contributed by atoms with Gasteiger partial charge in [-0.1, -0.05) is 67.0 Å². The Labute approximate surface area is 197 Å². The van der Waals surface area contributed by atoms with E-state index in [2.05, 4.69) is 61.5 Å². The van der Waals surface area contributed by atoms with Crippen LogP contribution in [0.4, 0.5) is 0 Å². The SMILES string of the molecule is CC1(C)CC[C@@]2(C)[C@H](C1)C1=CC[C@@H]3[C@@]4(C)CC[C@@H](O)C(C)(C)[C@@H]4CC[C@@]3(C)[C@]1(C)C[C@@H]2O. The molecule has 0 saturated heterocycles. The molecule has 5 aliphatic carbocycles. The van der Waals surface area contributed by atoms with E-state index in [4.69, 9.17) is 0 Å². The molecule has 0 heterocycles. The average Bonchev–Trinajstić information content (AvgIpc) is 2.68. The highest BCUT2D eigenvalue weighted by atomic mass is 16.3. The molecule has 0 aromatic rings. The van der Waals surface area contributed by atoms with Gasteiger partial charge < -0.3 is 10.2 Å². The summed E-state index contributed by atoms with van der Waals surface area (Å²) >= 11 is 0. The highest BCUT2D eigenvalue weighted by Gasteiger charge is 2.69. The molecule has 0 amide bonds. The van der Waals surface area contributed by atoms with Crippen molar-refractivity contribution in [2.24, 2.45) is 50.2 Å². The van der Waals surface area contributed by atoms with Gasteiger partial charge in [-0.2, -0.15) is 0 Å². The van der Waals surface area contributed by atoms with Gasteiger partial charge in [0.2, 0.25) is 0 Å². The maximum absolute atomic E-state index is 11.7. The zero-order valence-corrected chi connectivity index (χ0v) is 22.2. The molecule has 0 aliphatic heterocycles. The highest BCUT2D eigenvalue weighted by molar-refractivity contribution is 5.34. The van der Waals surface area contributed by atoms with Gasteiger partial charge >= 0.3 is 0 Å². The Balaban J connectivity index is 1.60. The molecule has 5 aliphatic rings. The molecule has 2 N–H and O–H groups in total. The smallest absolute Gasteiger partial charge is 0.0608 e. The highest BCUT2D eigenvalue weighted by Crippen LogP contribution is 2.75. The van der Waals surface area contributed by atoms with Crippen molar-refractivity contribution in [3.8, 4) is 0 Å². The van der Waals surface area contributed by atoms with Crippen molar-refractivity contribution in [3.05, 3.63) is 11.6 Å². The maximum atomic E-state index is 11.7. The first-order chi connectivity index (χ1) is 14.6. The lowest BCUT2D eigenvalue weighted by Gasteiger charge is -2.72. The predicted octanol–water partition coefficient (Wildman–Crippen LogP) is 7.14. The number of hydrogen-bond acceptors (Lipinski definition) is 2. The van der Waals surface area contributed by atoms with Crippen molar-refractivity contribution in [1.29, 1.82) is 0 Å². The minimum Gasteiger partial charge on any atom is -0.393 e. The lowest BCUT2D eigenvalue weighted by molar-refractivity contribution is -0.213. The fraction of sp³-hybridized carbons (Fsp3) is 0.933. The molecule has 0 unspecified atom stereocenters. The van der Waals surface area contributed by atoms with Crippen molar-refractivity contribution >= 4 is 0 Å². The molecule has 4 saturated carbocycles. The molecular formula is C30H50O2. The summed E-state index contributed by atoms with van der Waals surface area (Å²) in [7, 11) is 0. The van der Waals surface area contributed by atoms with Crippen LogP contribution in [0.2, 0.25) is 0 Å². The van der Waals surface area contributed by atoms with E-state index in [9.17, 15) is 10.2 Å². The normalized spacial score (nSPS) is 56.2. The molecule has 0 aromatic heterocycles. The van der Waals surface area contributed by atoms with Crippen molar-refractivity contribution < 1.29 is 10.2 Å². The van der Waals surface area contributed by atoms with Crippen LogP contribution in [0.15, 0.2) is 11.6 Å². The molecule has 32 heavy (non-hydrogen) atoms. The monoisotopic (exact) mass is 442 g/mol. The lowest BCUT2D eigenvalue weighted by Crippen LogP contribution is -2.66. The van der Waals surface area contributed by atoms with E-state index in [0.29, 0.717) is 23.2 Å². The van der Waals surface area contributed by atoms with Crippen molar-refractivity contribution in [2.45, 2.75) is 125 Å². The third-order valence-corrected chi connectivity index (χ3v) is 13.1. The minimum absolute atomic E-state index is 0.00271. The second-order valence-electron chi connectivity index (χ2n) is 15.3. The first-order valence-corrected chi connectivity index (χ1v) is 13.7. The summed E-state index contributed by atoms with van der Waals surface area (Å²) in [6.45, 7) is 19.7. The number of aliphatic hydroxyl groups is 2. The quantitative estimate of drug-likeness (QED) is 0.391. The fourth-order valence-corrected chi connectivity index (χ4v) is 10.6. The first-order valence-electron chi connectivity index (χ1n) is 13.7. The number of allylic oxidation sites excluding steroid dienone is 2. The van der Waals surface area contributed by atoms with Crippen LogP contribution < -0.4 is 0 Å². The van der Waals surface area contributed by atoms with Gasteiger partial charge in [-0.25, -0.2) is 0 Å². The summed E-state index contributed by atoms with van der Waals surface area (Å²) in [5, 5.41) is 22.6. The van der Waals surface area contributed by atoms with Gasteiger partial charge in [-0.05, 0) is 103 Å². The Hall–Kier alpha value is -0.340. The number of rotatable bonds is 0. The van der Waals surface area contributed by atoms with E-state index in [-0.39, 0.29) is 39.3 Å². The number of hydrogen-bond donors (Lipinski definition) is 2. The van der Waals surface area contributed by atoms with Gasteiger partial charge in [0.25, 0.3) is 0 Å². The molecule has 5 rings (SSSR count). The molecule has 0 aromatic carbocycles. The lowest BCUT2D eigenvalue weighted by atomic mass is 9.33. The molecule has 0 radical (unpaired) electrons. The Morgan fingerprint density at radius 2 is 1.41 bits per heavy atom. The van der Waals surface area contributed by atoms with E-state index in [1.54, 1.807) is 5.57 Å². The van der Waals surface area contributed by atoms with Gasteiger partial charge in [-0.3, -0.25) is 0 Å². The number of fused-ring (bicyclic) bond motifs is 7. The van der Waals surface area contributed by atoms with Crippen LogP contribution in [-0.4, -0.2) is 22.4 Å². The number of aliphatic hydroxyl groups excluding tert-OH is 2. The van der Waals surface area contributed by atoms with E-state index in [1.165, 1.54) is 32.1 Å². The van der Waals surface area contributed by atoms with Gasteiger partial charge in [0.05, 0.1) is 12.2 Å². The van der Waals surface area contributed by atoms with Crippen LogP contribution >= 0.6 is 0 Å². The van der Waals surface area contributed by atoms with Crippen LogP contribution in [0.3, 0.4) is 0 Å². The molecule has 4 fully saturated rings. The third kappa shape index (κ3) is 2.72. The van der Waals surface area contributed by atoms with Crippen molar-refractivity contribution in [2.75, 3.05) is 0 Å². The largest absolute Gasteiger partial charge is 0.393 e. The Bertz CT molecular complexity index is 825. The van der Waals surface area contributed by atoms with Gasteiger partial charge in [0, 0.05) is 5.41 Å². The molecule has 2 heteroatoms. The molecular weight excluding hydrogens is 392 g/mol. The molecule has 182 valence electrons. The Morgan fingerprint density at radius 3 is 2.09 bits per heavy atom. The standard InChI is InChI=1S/C30H50O2/c1-25(2)15-16-27(5)20(17-25)19-9-10-22-28(6)13-12-23(31)26(3,4)21(28)11-14-29(22,7)30(19,8)18-24(27)32/h9,20-24,31-32H,10-18H2,1-8H3/t20-,21+,22-,23-,24+,27+,28+,29-,30-/m1/s1. The second kappa shape index (κ2) is 6.66. The maximum Gasteiger partial charge on any atom is 0.0608 e. The van der Waals surface area contributed by atoms with Gasteiger partial charge in [-0.15, -0.1) is 0 Å². The summed E-state index contributed by atoms with van der Waals surface area (Å²) < 4.78 is 0. The van der Waals surface area contributed by atoms with Crippen LogP contribution in [0.1, 0.15) is 113 Å². The minimum atomic E-state index is -0.198. The van der Waals surface area contributed by atoms with Crippen molar-refractivity contribution in [1.82, 2.24) is 0 Å². The van der Waals surface area contributed by atoms with Crippen molar-refractivity contribution in [3.63, 3.8) is 0 Å². The van der Waals surface area contributed by atoms with E-state index >= 15 is 0 Å². The van der Waals surface area contributed by atoms with E-state index < -0.39 is 0 Å². The summed E-state index contributed by atoms with van der Waals surface area (Å²) in [4.78, 5) is 0.